The number of allylic oxidation sites excluding steroid dienone is 4. The van der Waals surface area contributed by atoms with Gasteiger partial charge in [-0.05, 0) is 81.1 Å². The second-order valence-electron chi connectivity index (χ2n) is 8.38. The summed E-state index contributed by atoms with van der Waals surface area (Å²) < 4.78 is 0. The van der Waals surface area contributed by atoms with Crippen LogP contribution in [-0.4, -0.2) is 17.3 Å². The number of fused-ring (bicyclic) bond motifs is 1. The first-order valence-corrected chi connectivity index (χ1v) is 9.54. The lowest BCUT2D eigenvalue weighted by Gasteiger charge is -2.43. The molecule has 3 aliphatic rings. The van der Waals surface area contributed by atoms with Crippen molar-refractivity contribution in [1.82, 2.24) is 0 Å². The second kappa shape index (κ2) is 6.95. The number of hydrogen-bond donors (Lipinski definition) is 1. The van der Waals surface area contributed by atoms with Crippen LogP contribution < -0.4 is 0 Å². The van der Waals surface area contributed by atoms with Crippen LogP contribution in [0, 0.1) is 22.2 Å². The maximum absolute atomic E-state index is 11.1. The zero-order chi connectivity index (χ0) is 17.3. The van der Waals surface area contributed by atoms with Crippen molar-refractivity contribution in [3.05, 3.63) is 40.4 Å². The molecule has 0 aromatic rings. The molecule has 1 N–H and O–H groups in total. The molecule has 0 aliphatic heterocycles. The Morgan fingerprint density at radius 1 is 1.29 bits per heavy atom. The van der Waals surface area contributed by atoms with Gasteiger partial charge in [-0.2, -0.15) is 4.91 Å². The van der Waals surface area contributed by atoms with Crippen molar-refractivity contribution >= 4 is 0 Å². The summed E-state index contributed by atoms with van der Waals surface area (Å²) in [5.41, 5.74) is 4.15. The average Bonchev–Trinajstić information content (AvgIpc) is 2.92. The first kappa shape index (κ1) is 17.6. The SMILES string of the molecule is C=C1CC[C@H](O)CC1=CC=C1CCC[C@]2(C)[C@@H](C(C)N=O)CC[C@@H]12. The van der Waals surface area contributed by atoms with Crippen LogP contribution in [0.5, 0.6) is 0 Å². The van der Waals surface area contributed by atoms with E-state index in [0.717, 1.165) is 32.1 Å². The number of rotatable bonds is 3. The Morgan fingerprint density at radius 3 is 2.83 bits per heavy atom. The molecule has 0 heterocycles. The van der Waals surface area contributed by atoms with E-state index in [1.165, 1.54) is 36.0 Å². The van der Waals surface area contributed by atoms with Gasteiger partial charge >= 0.3 is 0 Å². The summed E-state index contributed by atoms with van der Waals surface area (Å²) in [4.78, 5) is 11.1. The van der Waals surface area contributed by atoms with Gasteiger partial charge in [0.25, 0.3) is 0 Å². The van der Waals surface area contributed by atoms with Crippen molar-refractivity contribution in [2.45, 2.75) is 77.4 Å². The molecule has 0 spiro atoms. The van der Waals surface area contributed by atoms with Crippen molar-refractivity contribution in [2.75, 3.05) is 0 Å². The number of nitroso groups, excluding NO2 is 1. The first-order valence-electron chi connectivity index (χ1n) is 9.54. The Labute approximate surface area is 145 Å². The third kappa shape index (κ3) is 3.15. The fourth-order valence-corrected chi connectivity index (χ4v) is 5.54. The quantitative estimate of drug-likeness (QED) is 0.713. The van der Waals surface area contributed by atoms with Crippen molar-refractivity contribution in [3.8, 4) is 0 Å². The van der Waals surface area contributed by atoms with Gasteiger partial charge in [-0.15, -0.1) is 0 Å². The molecule has 0 amide bonds. The standard InChI is InChI=1S/C21H31NO2/c1-14-6-9-18(23)13-17(14)8-7-16-5-4-12-21(3)19(15(2)22-24)10-11-20(16)21/h7-8,15,18-20,23H,1,4-6,9-13H2,2-3H3/t15?,18-,19+,20-,21+/m0/s1. The Balaban J connectivity index is 1.82. The summed E-state index contributed by atoms with van der Waals surface area (Å²) in [5, 5.41) is 13.3. The molecule has 3 aliphatic carbocycles. The van der Waals surface area contributed by atoms with E-state index in [1.54, 1.807) is 0 Å². The normalized spacial score (nSPS) is 41.5. The van der Waals surface area contributed by atoms with Gasteiger partial charge in [0, 0.05) is 0 Å². The summed E-state index contributed by atoms with van der Waals surface area (Å²) in [6.45, 7) is 8.52. The van der Waals surface area contributed by atoms with Crippen LogP contribution in [0.1, 0.15) is 65.2 Å². The van der Waals surface area contributed by atoms with E-state index in [9.17, 15) is 10.0 Å². The van der Waals surface area contributed by atoms with Crippen LogP contribution in [0.2, 0.25) is 0 Å². The molecule has 3 rings (SSSR count). The summed E-state index contributed by atoms with van der Waals surface area (Å²) >= 11 is 0. The van der Waals surface area contributed by atoms with E-state index in [-0.39, 0.29) is 17.6 Å². The zero-order valence-electron chi connectivity index (χ0n) is 15.1. The molecular formula is C21H31NO2. The van der Waals surface area contributed by atoms with Gasteiger partial charge in [0.05, 0.1) is 12.1 Å². The van der Waals surface area contributed by atoms with Gasteiger partial charge in [-0.1, -0.05) is 42.0 Å². The zero-order valence-corrected chi connectivity index (χ0v) is 15.1. The molecule has 132 valence electrons. The minimum absolute atomic E-state index is 0.0778. The summed E-state index contributed by atoms with van der Waals surface area (Å²) in [6, 6.07) is -0.0778. The topological polar surface area (TPSA) is 49.7 Å². The minimum Gasteiger partial charge on any atom is -0.393 e. The molecule has 5 atom stereocenters. The first-order chi connectivity index (χ1) is 11.5. The maximum atomic E-state index is 11.1. The predicted octanol–water partition coefficient (Wildman–Crippen LogP) is 5.31. The Bertz CT molecular complexity index is 576. The third-order valence-electron chi connectivity index (χ3n) is 6.97. The van der Waals surface area contributed by atoms with E-state index >= 15 is 0 Å². The van der Waals surface area contributed by atoms with Gasteiger partial charge < -0.3 is 5.11 Å². The highest BCUT2D eigenvalue weighted by Crippen LogP contribution is 2.58. The van der Waals surface area contributed by atoms with Crippen LogP contribution in [0.4, 0.5) is 0 Å². The minimum atomic E-state index is -0.216. The Morgan fingerprint density at radius 2 is 2.08 bits per heavy atom. The molecule has 3 fully saturated rings. The maximum Gasteiger partial charge on any atom is 0.0925 e. The van der Waals surface area contributed by atoms with E-state index < -0.39 is 0 Å². The average molecular weight is 329 g/mol. The van der Waals surface area contributed by atoms with E-state index in [1.807, 2.05) is 6.92 Å². The number of aliphatic hydroxyl groups excluding tert-OH is 1. The van der Waals surface area contributed by atoms with Gasteiger partial charge in [-0.3, -0.25) is 0 Å². The third-order valence-corrected chi connectivity index (χ3v) is 6.97. The molecule has 0 aromatic carbocycles. The van der Waals surface area contributed by atoms with Crippen LogP contribution in [-0.2, 0) is 0 Å². The summed E-state index contributed by atoms with van der Waals surface area (Å²) in [5.74, 6) is 1.00. The highest BCUT2D eigenvalue weighted by atomic mass is 16.3. The van der Waals surface area contributed by atoms with Crippen molar-refractivity contribution in [2.24, 2.45) is 22.4 Å². The van der Waals surface area contributed by atoms with Crippen molar-refractivity contribution in [1.29, 1.82) is 0 Å². The predicted molar refractivity (Wildman–Crippen MR) is 98.6 cm³/mol. The Kier molecular flexibility index (Phi) is 5.10. The van der Waals surface area contributed by atoms with Crippen LogP contribution in [0.25, 0.3) is 0 Å². The molecule has 0 aromatic heterocycles. The largest absolute Gasteiger partial charge is 0.393 e. The highest BCUT2D eigenvalue weighted by molar-refractivity contribution is 5.36. The Hall–Kier alpha value is -1.22. The van der Waals surface area contributed by atoms with E-state index in [4.69, 9.17) is 0 Å². The lowest BCUT2D eigenvalue weighted by Crippen LogP contribution is -2.37. The van der Waals surface area contributed by atoms with Gasteiger partial charge in [-0.25, -0.2) is 0 Å². The van der Waals surface area contributed by atoms with Crippen LogP contribution in [0.3, 0.4) is 0 Å². The van der Waals surface area contributed by atoms with E-state index in [0.29, 0.717) is 11.8 Å². The molecule has 3 saturated carbocycles. The van der Waals surface area contributed by atoms with Gasteiger partial charge in [0.1, 0.15) is 0 Å². The molecule has 3 nitrogen and oxygen atoms in total. The van der Waals surface area contributed by atoms with Gasteiger partial charge in [0.2, 0.25) is 0 Å². The summed E-state index contributed by atoms with van der Waals surface area (Å²) in [6.07, 6.45) is 12.7. The fraction of sp³-hybridized carbons (Fsp3) is 0.714. The van der Waals surface area contributed by atoms with Crippen molar-refractivity contribution in [3.63, 3.8) is 0 Å². The van der Waals surface area contributed by atoms with Crippen LogP contribution >= 0.6 is 0 Å². The molecular weight excluding hydrogens is 298 g/mol. The fourth-order valence-electron chi connectivity index (χ4n) is 5.54. The highest BCUT2D eigenvalue weighted by Gasteiger charge is 2.51. The smallest absolute Gasteiger partial charge is 0.0925 e. The molecule has 0 bridgehead atoms. The monoisotopic (exact) mass is 329 g/mol. The molecule has 24 heavy (non-hydrogen) atoms. The van der Waals surface area contributed by atoms with E-state index in [2.05, 4.69) is 30.8 Å². The number of hydrogen-bond acceptors (Lipinski definition) is 3. The molecule has 3 heteroatoms. The second-order valence-corrected chi connectivity index (χ2v) is 8.38. The number of nitrogens with zero attached hydrogens (tertiary/aromatic N) is 1. The molecule has 0 radical (unpaired) electrons. The lowest BCUT2D eigenvalue weighted by atomic mass is 9.62. The number of aliphatic hydroxyl groups is 1. The molecule has 1 unspecified atom stereocenters. The van der Waals surface area contributed by atoms with Gasteiger partial charge in [0.15, 0.2) is 0 Å². The van der Waals surface area contributed by atoms with Crippen molar-refractivity contribution < 1.29 is 5.11 Å². The van der Waals surface area contributed by atoms with Crippen LogP contribution in [0.15, 0.2) is 40.6 Å². The molecule has 0 saturated heterocycles. The summed E-state index contributed by atoms with van der Waals surface area (Å²) in [7, 11) is 0. The lowest BCUT2D eigenvalue weighted by molar-refractivity contribution is 0.121.